The summed E-state index contributed by atoms with van der Waals surface area (Å²) < 4.78 is 0. The van der Waals surface area contributed by atoms with E-state index in [2.05, 4.69) is 5.32 Å². The number of hydrogen-bond donors (Lipinski definition) is 1. The Bertz CT molecular complexity index is 449. The lowest BCUT2D eigenvalue weighted by molar-refractivity contribution is -0.384. The minimum atomic E-state index is -0.590. The summed E-state index contributed by atoms with van der Waals surface area (Å²) in [6.45, 7) is 1.64. The van der Waals surface area contributed by atoms with Gasteiger partial charge in [-0.25, -0.2) is 0 Å². The zero-order chi connectivity index (χ0) is 12.3. The quantitative estimate of drug-likeness (QED) is 0.517. The summed E-state index contributed by atoms with van der Waals surface area (Å²) in [5.74, 6) is -0.799. The van der Waals surface area contributed by atoms with Gasteiger partial charge < -0.3 is 5.32 Å². The lowest BCUT2D eigenvalue weighted by Crippen LogP contribution is -2.14. The number of aryl methyl sites for hydroxylation is 1. The average Bonchev–Trinajstić information content (AvgIpc) is 2.22. The zero-order valence-corrected chi connectivity index (χ0v) is 9.80. The van der Waals surface area contributed by atoms with Crippen LogP contribution < -0.4 is 5.32 Å². The Morgan fingerprint density at radius 1 is 1.56 bits per heavy atom. The number of alkyl halides is 1. The SMILES string of the molecule is Cc1cc([N+](=O)[O-])c(NC(=O)CCl)cc1Cl. The first kappa shape index (κ1) is 12.7. The maximum atomic E-state index is 11.0. The van der Waals surface area contributed by atoms with Crippen molar-refractivity contribution in [3.63, 3.8) is 0 Å². The lowest BCUT2D eigenvalue weighted by atomic mass is 10.2. The summed E-state index contributed by atoms with van der Waals surface area (Å²) in [4.78, 5) is 21.2. The van der Waals surface area contributed by atoms with Crippen LogP contribution in [-0.2, 0) is 4.79 Å². The van der Waals surface area contributed by atoms with Crippen LogP contribution in [0.5, 0.6) is 0 Å². The van der Waals surface area contributed by atoms with E-state index in [1.54, 1.807) is 6.92 Å². The Kier molecular flexibility index (Phi) is 4.09. The fraction of sp³-hybridized carbons (Fsp3) is 0.222. The molecule has 0 aliphatic rings. The summed E-state index contributed by atoms with van der Waals surface area (Å²) in [7, 11) is 0. The summed E-state index contributed by atoms with van der Waals surface area (Å²) in [5.41, 5.74) is 0.406. The molecule has 0 fully saturated rings. The van der Waals surface area contributed by atoms with Crippen LogP contribution in [0, 0.1) is 17.0 Å². The highest BCUT2D eigenvalue weighted by atomic mass is 35.5. The molecule has 1 amide bonds. The first-order chi connectivity index (χ1) is 7.45. The minimum Gasteiger partial charge on any atom is -0.319 e. The van der Waals surface area contributed by atoms with E-state index in [4.69, 9.17) is 23.2 Å². The molecule has 0 saturated carbocycles. The standard InChI is InChI=1S/C9H8Cl2N2O3/c1-5-2-8(13(15)16)7(3-6(5)11)12-9(14)4-10/h2-3H,4H2,1H3,(H,12,14). The second-order valence-electron chi connectivity index (χ2n) is 3.06. The van der Waals surface area contributed by atoms with Crippen LogP contribution in [0.15, 0.2) is 12.1 Å². The summed E-state index contributed by atoms with van der Waals surface area (Å²) in [5, 5.41) is 13.4. The molecule has 1 aromatic carbocycles. The molecule has 0 bridgehead atoms. The predicted octanol–water partition coefficient (Wildman–Crippen LogP) is 2.73. The van der Waals surface area contributed by atoms with Gasteiger partial charge in [0, 0.05) is 11.1 Å². The average molecular weight is 263 g/mol. The van der Waals surface area contributed by atoms with Crippen LogP contribution in [0.2, 0.25) is 5.02 Å². The normalized spacial score (nSPS) is 9.94. The van der Waals surface area contributed by atoms with E-state index in [9.17, 15) is 14.9 Å². The highest BCUT2D eigenvalue weighted by Crippen LogP contribution is 2.30. The lowest BCUT2D eigenvalue weighted by Gasteiger charge is -2.06. The fourth-order valence-corrected chi connectivity index (χ4v) is 1.33. The number of nitro benzene ring substituents is 1. The summed E-state index contributed by atoms with van der Waals surface area (Å²) >= 11 is 11.1. The molecule has 0 unspecified atom stereocenters. The van der Waals surface area contributed by atoms with Gasteiger partial charge in [-0.15, -0.1) is 11.6 Å². The van der Waals surface area contributed by atoms with Gasteiger partial charge in [0.05, 0.1) is 4.92 Å². The van der Waals surface area contributed by atoms with E-state index in [1.807, 2.05) is 0 Å². The highest BCUT2D eigenvalue weighted by molar-refractivity contribution is 6.32. The van der Waals surface area contributed by atoms with Gasteiger partial charge in [0.2, 0.25) is 5.91 Å². The Morgan fingerprint density at radius 2 is 2.19 bits per heavy atom. The third-order valence-corrected chi connectivity index (χ3v) is 2.52. The fourth-order valence-electron chi connectivity index (χ4n) is 1.10. The van der Waals surface area contributed by atoms with Crippen molar-refractivity contribution >= 4 is 40.5 Å². The van der Waals surface area contributed by atoms with Crippen LogP contribution >= 0.6 is 23.2 Å². The molecule has 1 N–H and O–H groups in total. The van der Waals surface area contributed by atoms with Gasteiger partial charge in [0.1, 0.15) is 11.6 Å². The molecule has 0 heterocycles. The number of nitro groups is 1. The van der Waals surface area contributed by atoms with Crippen molar-refractivity contribution in [2.75, 3.05) is 11.2 Å². The van der Waals surface area contributed by atoms with Gasteiger partial charge in [0.25, 0.3) is 5.69 Å². The number of hydrogen-bond acceptors (Lipinski definition) is 3. The van der Waals surface area contributed by atoms with Crippen molar-refractivity contribution < 1.29 is 9.72 Å². The third kappa shape index (κ3) is 2.84. The Balaban J connectivity index is 3.19. The number of nitrogens with zero attached hydrogens (tertiary/aromatic N) is 1. The van der Waals surface area contributed by atoms with E-state index in [0.717, 1.165) is 0 Å². The number of amides is 1. The molecule has 86 valence electrons. The number of carbonyl (C=O) groups is 1. The van der Waals surface area contributed by atoms with Crippen LogP contribution in [-0.4, -0.2) is 16.7 Å². The first-order valence-electron chi connectivity index (χ1n) is 4.26. The molecular formula is C9H8Cl2N2O3. The molecule has 0 atom stereocenters. The van der Waals surface area contributed by atoms with Crippen LogP contribution in [0.25, 0.3) is 0 Å². The van der Waals surface area contributed by atoms with E-state index < -0.39 is 10.8 Å². The third-order valence-electron chi connectivity index (χ3n) is 1.87. The van der Waals surface area contributed by atoms with E-state index in [0.29, 0.717) is 10.6 Å². The molecule has 0 spiro atoms. The number of rotatable bonds is 3. The first-order valence-corrected chi connectivity index (χ1v) is 5.17. The van der Waals surface area contributed by atoms with Crippen molar-refractivity contribution in [1.29, 1.82) is 0 Å². The largest absolute Gasteiger partial charge is 0.319 e. The molecular weight excluding hydrogens is 255 g/mol. The van der Waals surface area contributed by atoms with Gasteiger partial charge >= 0.3 is 0 Å². The van der Waals surface area contributed by atoms with Gasteiger partial charge in [-0.3, -0.25) is 14.9 Å². The van der Waals surface area contributed by atoms with Gasteiger partial charge in [-0.1, -0.05) is 11.6 Å². The van der Waals surface area contributed by atoms with Gasteiger partial charge in [-0.2, -0.15) is 0 Å². The second-order valence-corrected chi connectivity index (χ2v) is 3.73. The van der Waals surface area contributed by atoms with Crippen molar-refractivity contribution in [2.45, 2.75) is 6.92 Å². The topological polar surface area (TPSA) is 72.2 Å². The van der Waals surface area contributed by atoms with Crippen LogP contribution in [0.3, 0.4) is 0 Å². The zero-order valence-electron chi connectivity index (χ0n) is 8.29. The Labute approximate surface area is 101 Å². The monoisotopic (exact) mass is 262 g/mol. The van der Waals surface area contributed by atoms with Gasteiger partial charge in [-0.05, 0) is 18.6 Å². The minimum absolute atomic E-state index is 0.0475. The number of benzene rings is 1. The van der Waals surface area contributed by atoms with Crippen LogP contribution in [0.1, 0.15) is 5.56 Å². The second kappa shape index (κ2) is 5.14. The maximum Gasteiger partial charge on any atom is 0.293 e. The van der Waals surface area contributed by atoms with E-state index in [1.165, 1.54) is 12.1 Å². The molecule has 1 rings (SSSR count). The van der Waals surface area contributed by atoms with Gasteiger partial charge in [0.15, 0.2) is 0 Å². The number of halogens is 2. The molecule has 0 aromatic heterocycles. The predicted molar refractivity (Wildman–Crippen MR) is 62.2 cm³/mol. The molecule has 16 heavy (non-hydrogen) atoms. The molecule has 0 radical (unpaired) electrons. The number of anilines is 1. The smallest absolute Gasteiger partial charge is 0.293 e. The molecule has 1 aromatic rings. The molecule has 7 heteroatoms. The van der Waals surface area contributed by atoms with Crippen LogP contribution in [0.4, 0.5) is 11.4 Å². The highest BCUT2D eigenvalue weighted by Gasteiger charge is 2.17. The molecule has 0 aliphatic heterocycles. The number of carbonyl (C=O) groups excluding carboxylic acids is 1. The van der Waals surface area contributed by atoms with E-state index in [-0.39, 0.29) is 17.3 Å². The molecule has 0 saturated heterocycles. The Morgan fingerprint density at radius 3 is 2.69 bits per heavy atom. The van der Waals surface area contributed by atoms with Crippen molar-refractivity contribution in [2.24, 2.45) is 0 Å². The Hall–Kier alpha value is -1.33. The van der Waals surface area contributed by atoms with Crippen molar-refractivity contribution in [1.82, 2.24) is 0 Å². The molecule has 5 nitrogen and oxygen atoms in total. The summed E-state index contributed by atoms with van der Waals surface area (Å²) in [6.07, 6.45) is 0. The molecule has 0 aliphatic carbocycles. The van der Waals surface area contributed by atoms with E-state index >= 15 is 0 Å². The maximum absolute atomic E-state index is 11.0. The van der Waals surface area contributed by atoms with Crippen molar-refractivity contribution in [3.8, 4) is 0 Å². The van der Waals surface area contributed by atoms with Crippen molar-refractivity contribution in [3.05, 3.63) is 32.8 Å². The summed E-state index contributed by atoms with van der Waals surface area (Å²) in [6, 6.07) is 2.63. The number of nitrogens with one attached hydrogen (secondary N) is 1.